The summed E-state index contributed by atoms with van der Waals surface area (Å²) in [5.74, 6) is -4.17. The van der Waals surface area contributed by atoms with Gasteiger partial charge in [0.2, 0.25) is 23.8 Å². The van der Waals surface area contributed by atoms with Crippen LogP contribution in [0.3, 0.4) is 0 Å². The molecule has 77 heavy (non-hydrogen) atoms. The Bertz CT molecular complexity index is 2770. The third kappa shape index (κ3) is 12.3. The van der Waals surface area contributed by atoms with E-state index in [1.165, 1.54) is 68.5 Å². The van der Waals surface area contributed by atoms with Gasteiger partial charge in [-0.3, -0.25) is 9.59 Å². The van der Waals surface area contributed by atoms with E-state index < -0.39 is 176 Å². The molecule has 1 aromatic heterocycles. The van der Waals surface area contributed by atoms with Crippen molar-refractivity contribution in [2.45, 2.75) is 144 Å². The lowest BCUT2D eigenvalue weighted by atomic mass is 9.97. The maximum absolute atomic E-state index is 14.4. The van der Waals surface area contributed by atoms with Gasteiger partial charge in [0.1, 0.15) is 107 Å². The number of hydrogen-bond acceptors (Lipinski definition) is 27. The summed E-state index contributed by atoms with van der Waals surface area (Å²) in [4.78, 5) is 39.2. The van der Waals surface area contributed by atoms with Gasteiger partial charge in [-0.05, 0) is 61.9 Å². The van der Waals surface area contributed by atoms with Crippen LogP contribution in [0.15, 0.2) is 76.0 Å². The van der Waals surface area contributed by atoms with Crippen LogP contribution in [-0.2, 0) is 47.5 Å². The van der Waals surface area contributed by atoms with Crippen molar-refractivity contribution in [3.63, 3.8) is 0 Å². The highest BCUT2D eigenvalue weighted by Gasteiger charge is 2.53. The summed E-state index contributed by atoms with van der Waals surface area (Å²) in [7, 11) is 0. The fraction of sp³-hybridized carbons (Fsp3) is 0.500. The van der Waals surface area contributed by atoms with Crippen LogP contribution in [0, 0.1) is 0 Å². The van der Waals surface area contributed by atoms with Crippen molar-refractivity contribution in [2.24, 2.45) is 0 Å². The first-order chi connectivity index (χ1) is 36.5. The summed E-state index contributed by atoms with van der Waals surface area (Å²) < 4.78 is 63.2. The second-order valence-corrected chi connectivity index (χ2v) is 18.6. The van der Waals surface area contributed by atoms with Gasteiger partial charge < -0.3 is 118 Å². The van der Waals surface area contributed by atoms with Gasteiger partial charge >= 0.3 is 11.9 Å². The molecule has 27 heteroatoms. The number of hydrogen-bond donors (Lipinski definition) is 13. The number of phenols is 3. The van der Waals surface area contributed by atoms with Gasteiger partial charge in [0.05, 0.1) is 25.4 Å². The van der Waals surface area contributed by atoms with Crippen LogP contribution in [0.5, 0.6) is 28.7 Å². The Balaban J connectivity index is 1.03. The van der Waals surface area contributed by atoms with E-state index in [2.05, 4.69) is 0 Å². The summed E-state index contributed by atoms with van der Waals surface area (Å²) in [6.07, 6.45) is -32.3. The van der Waals surface area contributed by atoms with Crippen molar-refractivity contribution in [3.05, 3.63) is 82.5 Å². The third-order valence-corrected chi connectivity index (χ3v) is 13.1. The minimum Gasteiger partial charge on any atom is -0.508 e. The molecular weight excluding hydrogens is 1030 g/mol. The zero-order chi connectivity index (χ0) is 55.7. The molecular formula is C50H58O27. The van der Waals surface area contributed by atoms with E-state index in [4.69, 9.17) is 51.8 Å². The van der Waals surface area contributed by atoms with Gasteiger partial charge in [-0.15, -0.1) is 0 Å². The smallest absolute Gasteiger partial charge is 0.331 e. The molecule has 4 aromatic rings. The summed E-state index contributed by atoms with van der Waals surface area (Å²) in [5.41, 5.74) is -0.921. The highest BCUT2D eigenvalue weighted by atomic mass is 16.8. The Labute approximate surface area is 435 Å². The molecule has 20 atom stereocenters. The normalized spacial score (nSPS) is 35.6. The Morgan fingerprint density at radius 2 is 1.18 bits per heavy atom. The van der Waals surface area contributed by atoms with E-state index in [1.54, 1.807) is 0 Å². The summed E-state index contributed by atoms with van der Waals surface area (Å²) in [5, 5.41) is 139. The molecule has 5 heterocycles. The molecule has 0 spiro atoms. The molecule has 4 fully saturated rings. The molecule has 0 aliphatic carbocycles. The first-order valence-corrected chi connectivity index (χ1v) is 24.0. The number of carbonyl (C=O) groups excluding carboxylic acids is 2. The number of benzene rings is 3. The first-order valence-electron chi connectivity index (χ1n) is 24.0. The maximum Gasteiger partial charge on any atom is 0.331 e. The van der Waals surface area contributed by atoms with Gasteiger partial charge in [0, 0.05) is 30.7 Å². The van der Waals surface area contributed by atoms with Gasteiger partial charge in [0.15, 0.2) is 30.5 Å². The number of aliphatic hydroxyl groups excluding tert-OH is 10. The van der Waals surface area contributed by atoms with E-state index in [1.807, 2.05) is 0 Å². The lowest BCUT2D eigenvalue weighted by Crippen LogP contribution is -2.65. The van der Waals surface area contributed by atoms with Gasteiger partial charge in [-0.25, -0.2) is 4.79 Å². The van der Waals surface area contributed by atoms with Crippen molar-refractivity contribution >= 4 is 29.0 Å². The average Bonchev–Trinajstić information content (AvgIpc) is 3.39. The largest absolute Gasteiger partial charge is 0.508 e. The summed E-state index contributed by atoms with van der Waals surface area (Å²) >= 11 is 0. The molecule has 0 saturated carbocycles. The SMILES string of the molecule is CC(=O)O[C@@H]1[C@@H](O)[C@@H](O)[C@H](Oc2cc(O)c3c(=O)c(O[C@@H]4O[C@H](CO[C@@H]5O[C@@H](C)[C@H](OC(=O)/C=C/c6ccc(O)cc6)[C@@H](O[C@@H]6O[C@H](CO)[C@@H](O)[C@H](O)[C@H]6O)[C@H]5O)[C@@H](O)[C@H](O)[C@H]4O)c(-c4ccc(O)cc4)oc3c2)O[C@H]1C. The second-order valence-electron chi connectivity index (χ2n) is 18.6. The fourth-order valence-corrected chi connectivity index (χ4v) is 8.99. The zero-order valence-corrected chi connectivity index (χ0v) is 40.9. The molecule has 420 valence electrons. The van der Waals surface area contributed by atoms with Gasteiger partial charge in [0.25, 0.3) is 0 Å². The van der Waals surface area contributed by atoms with E-state index >= 15 is 0 Å². The predicted octanol–water partition coefficient (Wildman–Crippen LogP) is -2.53. The highest BCUT2D eigenvalue weighted by molar-refractivity contribution is 5.88. The maximum atomic E-state index is 14.4. The molecule has 3 aromatic carbocycles. The van der Waals surface area contributed by atoms with Crippen molar-refractivity contribution in [2.75, 3.05) is 13.2 Å². The number of ether oxygens (including phenoxy) is 10. The van der Waals surface area contributed by atoms with Crippen molar-refractivity contribution in [1.82, 2.24) is 0 Å². The highest BCUT2D eigenvalue weighted by Crippen LogP contribution is 2.39. The molecule has 13 N–H and O–H groups in total. The van der Waals surface area contributed by atoms with Gasteiger partial charge in [-0.1, -0.05) is 12.1 Å². The Morgan fingerprint density at radius 1 is 0.610 bits per heavy atom. The molecule has 4 aliphatic heterocycles. The predicted molar refractivity (Wildman–Crippen MR) is 253 cm³/mol. The van der Waals surface area contributed by atoms with E-state index in [9.17, 15) is 80.8 Å². The molecule has 0 radical (unpaired) electrons. The quantitative estimate of drug-likeness (QED) is 0.0431. The number of esters is 2. The third-order valence-electron chi connectivity index (χ3n) is 13.1. The zero-order valence-electron chi connectivity index (χ0n) is 40.9. The van der Waals surface area contributed by atoms with Crippen molar-refractivity contribution in [1.29, 1.82) is 0 Å². The number of aromatic hydroxyl groups is 3. The first kappa shape index (κ1) is 57.1. The minimum absolute atomic E-state index is 0.0297. The number of rotatable bonds is 15. The second kappa shape index (κ2) is 23.9. The molecule has 27 nitrogen and oxygen atoms in total. The van der Waals surface area contributed by atoms with E-state index in [0.717, 1.165) is 25.1 Å². The standard InChI is InChI=1S/C50H58O27/c1-18-42(70-20(3)52)37(62)40(65)48(69-18)71-25-14-26(55)31-27(15-25)72-44(22-7-11-24(54)12-8-22)45(34(31)59)76-50-39(64)36(61)33(58)29(74-50)17-67-47-41(66)46(77-49-38(63)35(60)32(57)28(16-51)73-49)43(19(2)68-47)75-30(56)13-6-21-4-9-23(53)10-5-21/h4-15,18-19,28-29,32-33,35-43,46-51,53-55,57-58,60-66H,16-17H2,1-3H3/b13-6+/t18-,19-,28+,29+,32+,33+,35-,36-,37-,38+,39+,40+,41+,42-,43-,46-,47+,48-,49-,50-/m0/s1. The lowest BCUT2D eigenvalue weighted by Gasteiger charge is -2.46. The fourth-order valence-electron chi connectivity index (χ4n) is 8.99. The number of aliphatic hydroxyl groups is 10. The summed E-state index contributed by atoms with van der Waals surface area (Å²) in [6.45, 7) is 2.26. The average molecular weight is 1090 g/mol. The Morgan fingerprint density at radius 3 is 1.83 bits per heavy atom. The van der Waals surface area contributed by atoms with Crippen LogP contribution in [0.2, 0.25) is 0 Å². The van der Waals surface area contributed by atoms with Crippen LogP contribution < -0.4 is 14.9 Å². The van der Waals surface area contributed by atoms with Gasteiger partial charge in [-0.2, -0.15) is 0 Å². The van der Waals surface area contributed by atoms with Crippen LogP contribution in [0.1, 0.15) is 26.3 Å². The van der Waals surface area contributed by atoms with E-state index in [-0.39, 0.29) is 28.4 Å². The molecule has 0 amide bonds. The molecule has 4 saturated heterocycles. The summed E-state index contributed by atoms with van der Waals surface area (Å²) in [6, 6.07) is 12.9. The molecule has 0 unspecified atom stereocenters. The van der Waals surface area contributed by atoms with Crippen LogP contribution in [0.4, 0.5) is 0 Å². The number of phenolic OH excluding ortho intramolecular Hbond substituents is 3. The Hall–Kier alpha value is -6.09. The molecule has 4 aliphatic rings. The van der Waals surface area contributed by atoms with Crippen molar-refractivity contribution < 1.29 is 128 Å². The Kier molecular flexibility index (Phi) is 17.7. The van der Waals surface area contributed by atoms with Crippen molar-refractivity contribution in [3.8, 4) is 40.1 Å². The number of fused-ring (bicyclic) bond motifs is 1. The van der Waals surface area contributed by atoms with E-state index in [0.29, 0.717) is 5.56 Å². The molecule has 0 bridgehead atoms. The van der Waals surface area contributed by atoms with Crippen LogP contribution >= 0.6 is 0 Å². The monoisotopic (exact) mass is 1090 g/mol. The topological polar surface area (TPSA) is 420 Å². The van der Waals surface area contributed by atoms with Crippen LogP contribution in [-0.4, -0.2) is 214 Å². The minimum atomic E-state index is -2.13. The van der Waals surface area contributed by atoms with Crippen LogP contribution in [0.25, 0.3) is 28.4 Å². The lowest BCUT2D eigenvalue weighted by molar-refractivity contribution is -0.361. The number of carbonyl (C=O) groups is 2. The molecule has 8 rings (SSSR count).